The Hall–Kier alpha value is -2.06. The lowest BCUT2D eigenvalue weighted by Gasteiger charge is -2.18. The summed E-state index contributed by atoms with van der Waals surface area (Å²) < 4.78 is 10.4. The van der Waals surface area contributed by atoms with E-state index in [1.54, 1.807) is 11.0 Å². The van der Waals surface area contributed by atoms with E-state index in [2.05, 4.69) is 10.3 Å². The van der Waals surface area contributed by atoms with Crippen molar-refractivity contribution in [1.29, 1.82) is 0 Å². The number of benzene rings is 1. The minimum absolute atomic E-state index is 0.224. The van der Waals surface area contributed by atoms with Gasteiger partial charge in [0.1, 0.15) is 0 Å². The Labute approximate surface area is 138 Å². The van der Waals surface area contributed by atoms with Gasteiger partial charge in [-0.15, -0.1) is 5.01 Å². The van der Waals surface area contributed by atoms with E-state index < -0.39 is 0 Å². The minimum Gasteiger partial charge on any atom is -0.861 e. The molecule has 0 unspecified atom stereocenters. The number of aromatic nitrogens is 2. The molecular weight excluding hydrogens is 316 g/mol. The molecule has 1 saturated heterocycles. The fourth-order valence-corrected chi connectivity index (χ4v) is 2.93. The van der Waals surface area contributed by atoms with Crippen molar-refractivity contribution in [3.05, 3.63) is 42.1 Å². The van der Waals surface area contributed by atoms with E-state index in [0.29, 0.717) is 19.0 Å². The van der Waals surface area contributed by atoms with E-state index in [1.165, 1.54) is 17.3 Å². The van der Waals surface area contributed by atoms with Crippen LogP contribution in [0.25, 0.3) is 0 Å². The zero-order valence-electron chi connectivity index (χ0n) is 12.6. The lowest BCUT2D eigenvalue weighted by molar-refractivity contribution is -0.759. The van der Waals surface area contributed by atoms with Gasteiger partial charge in [0, 0.05) is 11.5 Å². The van der Waals surface area contributed by atoms with Gasteiger partial charge >= 0.3 is 5.88 Å². The Morgan fingerprint density at radius 1 is 1.30 bits per heavy atom. The molecule has 122 valence electrons. The molecule has 0 aliphatic carbocycles. The second-order valence-corrected chi connectivity index (χ2v) is 6.00. The van der Waals surface area contributed by atoms with Crippen LogP contribution >= 0.6 is 11.8 Å². The molecule has 1 fully saturated rings. The van der Waals surface area contributed by atoms with Crippen molar-refractivity contribution < 1.29 is 19.2 Å². The Kier molecular flexibility index (Phi) is 5.49. The third-order valence-corrected chi connectivity index (χ3v) is 4.28. The average Bonchev–Trinajstić information content (AvgIpc) is 3.05. The van der Waals surface area contributed by atoms with E-state index in [-0.39, 0.29) is 11.8 Å². The molecule has 0 bridgehead atoms. The molecule has 2 aromatic rings. The van der Waals surface area contributed by atoms with Gasteiger partial charge < -0.3 is 9.84 Å². The number of hydrogen-bond acceptors (Lipinski definition) is 7. The van der Waals surface area contributed by atoms with E-state index in [1.807, 2.05) is 35.3 Å². The lowest BCUT2D eigenvalue weighted by Crippen LogP contribution is -2.62. The molecule has 7 nitrogen and oxygen atoms in total. The fraction of sp³-hybridized carbons (Fsp3) is 0.400. The average molecular weight is 334 g/mol. The molecule has 1 aromatic carbocycles. The number of ether oxygens (including phenoxy) is 1. The van der Waals surface area contributed by atoms with Crippen molar-refractivity contribution in [3.63, 3.8) is 0 Å². The van der Waals surface area contributed by atoms with Crippen LogP contribution in [0.4, 0.5) is 5.88 Å². The highest BCUT2D eigenvalue weighted by Gasteiger charge is 2.22. The molecular formula is C15H18N4O3S. The molecule has 2 heterocycles. The van der Waals surface area contributed by atoms with Crippen molar-refractivity contribution in [2.75, 3.05) is 37.1 Å². The number of nitrogens with zero attached hydrogens (tertiary/aromatic N) is 4. The van der Waals surface area contributed by atoms with E-state index in [9.17, 15) is 5.11 Å². The summed E-state index contributed by atoms with van der Waals surface area (Å²) in [5, 5.41) is 17.7. The monoisotopic (exact) mass is 334 g/mol. The molecule has 0 atom stereocenters. The van der Waals surface area contributed by atoms with Gasteiger partial charge in [0.25, 0.3) is 6.20 Å². The van der Waals surface area contributed by atoms with Crippen LogP contribution in [0.15, 0.2) is 46.0 Å². The predicted molar refractivity (Wildman–Crippen MR) is 85.2 cm³/mol. The summed E-state index contributed by atoms with van der Waals surface area (Å²) in [5.41, 5.74) is 1.19. The second-order valence-electron chi connectivity index (χ2n) is 5.01. The first-order valence-corrected chi connectivity index (χ1v) is 8.54. The first-order valence-electron chi connectivity index (χ1n) is 7.39. The Balaban J connectivity index is 1.50. The standard InChI is InChI=1S/C15H18N4O3S/c20-14(12-23-11-13-4-2-1-3-5-13)16-15-10-19(17-22-15)18-6-8-21-9-7-18/h1-5,10H,6-9,11-12H2. The summed E-state index contributed by atoms with van der Waals surface area (Å²) in [6.07, 6.45) is 1.62. The van der Waals surface area contributed by atoms with Crippen LogP contribution in [0.2, 0.25) is 0 Å². The summed E-state index contributed by atoms with van der Waals surface area (Å²) in [6.45, 7) is 2.78. The quantitative estimate of drug-likeness (QED) is 0.428. The van der Waals surface area contributed by atoms with E-state index in [4.69, 9.17) is 9.26 Å². The molecule has 0 radical (unpaired) electrons. The van der Waals surface area contributed by atoms with Crippen molar-refractivity contribution in [1.82, 2.24) is 5.27 Å². The zero-order chi connectivity index (χ0) is 15.9. The van der Waals surface area contributed by atoms with Crippen LogP contribution in [-0.2, 0) is 10.5 Å². The summed E-state index contributed by atoms with van der Waals surface area (Å²) in [7, 11) is 0. The van der Waals surface area contributed by atoms with E-state index in [0.717, 1.165) is 18.8 Å². The van der Waals surface area contributed by atoms with Gasteiger partial charge in [-0.05, 0) is 11.5 Å². The van der Waals surface area contributed by atoms with Crippen LogP contribution < -0.4 is 14.9 Å². The van der Waals surface area contributed by atoms with Crippen molar-refractivity contribution in [2.24, 2.45) is 4.99 Å². The van der Waals surface area contributed by atoms with Gasteiger partial charge in [-0.25, -0.2) is 4.99 Å². The molecule has 8 heteroatoms. The number of rotatable bonds is 6. The van der Waals surface area contributed by atoms with Gasteiger partial charge in [-0.2, -0.15) is 11.8 Å². The van der Waals surface area contributed by atoms with Crippen LogP contribution in [0.3, 0.4) is 0 Å². The highest BCUT2D eigenvalue weighted by molar-refractivity contribution is 7.99. The summed E-state index contributed by atoms with van der Waals surface area (Å²) >= 11 is 1.53. The molecule has 0 saturated carbocycles. The first-order chi connectivity index (χ1) is 11.3. The summed E-state index contributed by atoms with van der Waals surface area (Å²) in [5.74, 6) is 1.09. The maximum atomic E-state index is 11.9. The third-order valence-electron chi connectivity index (χ3n) is 3.29. The van der Waals surface area contributed by atoms with Gasteiger partial charge in [0.2, 0.25) is 5.27 Å². The lowest BCUT2D eigenvalue weighted by atomic mass is 10.2. The molecule has 1 aromatic heterocycles. The SMILES string of the molecule is [O-]/C(CSCc1ccccc1)=N/c1c[n+](N2CCOCC2)no1. The third kappa shape index (κ3) is 4.70. The van der Waals surface area contributed by atoms with Gasteiger partial charge in [0.15, 0.2) is 0 Å². The Bertz CT molecular complexity index is 641. The van der Waals surface area contributed by atoms with E-state index >= 15 is 0 Å². The number of hydrogen-bond donors (Lipinski definition) is 0. The van der Waals surface area contributed by atoms with Crippen molar-refractivity contribution >= 4 is 23.5 Å². The normalized spacial score (nSPS) is 15.8. The molecule has 3 rings (SSSR count). The summed E-state index contributed by atoms with van der Waals surface area (Å²) in [4.78, 5) is 5.51. The molecule has 23 heavy (non-hydrogen) atoms. The zero-order valence-corrected chi connectivity index (χ0v) is 13.4. The predicted octanol–water partition coefficient (Wildman–Crippen LogP) is 0.254. The highest BCUT2D eigenvalue weighted by Crippen LogP contribution is 2.13. The van der Waals surface area contributed by atoms with Crippen molar-refractivity contribution in [3.8, 4) is 0 Å². The number of aliphatic imine (C=N–C) groups is 1. The topological polar surface area (TPSA) is 77.8 Å². The molecule has 1 aliphatic rings. The Morgan fingerprint density at radius 3 is 2.87 bits per heavy atom. The smallest absolute Gasteiger partial charge is 0.324 e. The maximum Gasteiger partial charge on any atom is 0.324 e. The second kappa shape index (κ2) is 7.98. The van der Waals surface area contributed by atoms with Crippen LogP contribution in [0.5, 0.6) is 0 Å². The van der Waals surface area contributed by atoms with Crippen LogP contribution in [0, 0.1) is 0 Å². The first kappa shape index (κ1) is 15.8. The largest absolute Gasteiger partial charge is 0.861 e. The highest BCUT2D eigenvalue weighted by atomic mass is 32.2. The van der Waals surface area contributed by atoms with Gasteiger partial charge in [-0.3, -0.25) is 4.52 Å². The molecule has 0 amide bonds. The van der Waals surface area contributed by atoms with Crippen LogP contribution in [0.1, 0.15) is 5.56 Å². The molecule has 0 N–H and O–H groups in total. The maximum absolute atomic E-state index is 11.9. The molecule has 0 spiro atoms. The van der Waals surface area contributed by atoms with Gasteiger partial charge in [0.05, 0.1) is 31.1 Å². The summed E-state index contributed by atoms with van der Waals surface area (Å²) in [6, 6.07) is 10.0. The molecule has 1 aliphatic heterocycles. The van der Waals surface area contributed by atoms with Gasteiger partial charge in [-0.1, -0.05) is 30.3 Å². The van der Waals surface area contributed by atoms with Crippen molar-refractivity contribution in [2.45, 2.75) is 5.75 Å². The Morgan fingerprint density at radius 2 is 2.09 bits per heavy atom. The minimum atomic E-state index is -0.226. The number of thioether (sulfide) groups is 1. The fourth-order valence-electron chi connectivity index (χ4n) is 2.16. The van der Waals surface area contributed by atoms with Crippen LogP contribution in [-0.4, -0.2) is 43.2 Å². The number of morpholine rings is 1.